The molecule has 1 aromatic heterocycles. The maximum Gasteiger partial charge on any atom is 0.300 e. The van der Waals surface area contributed by atoms with Gasteiger partial charge >= 0.3 is 0 Å². The molecule has 0 radical (unpaired) electrons. The molecule has 2 heterocycles. The van der Waals surface area contributed by atoms with E-state index in [2.05, 4.69) is 0 Å². The first-order valence-electron chi connectivity index (χ1n) is 10.1. The van der Waals surface area contributed by atoms with Gasteiger partial charge in [-0.25, -0.2) is 0 Å². The summed E-state index contributed by atoms with van der Waals surface area (Å²) in [6.07, 6.45) is 0. The largest absolute Gasteiger partial charge is 0.507 e. The predicted octanol–water partition coefficient (Wildman–Crippen LogP) is 4.24. The Bertz CT molecular complexity index is 1260. The third-order valence-corrected chi connectivity index (χ3v) is 5.47. The Morgan fingerprint density at radius 1 is 0.939 bits per heavy atom. The molecule has 3 aromatic rings. The van der Waals surface area contributed by atoms with Crippen molar-refractivity contribution in [1.82, 2.24) is 0 Å². The van der Waals surface area contributed by atoms with Crippen molar-refractivity contribution in [1.29, 1.82) is 0 Å². The number of carbonyl (C=O) groups is 2. The monoisotopic (exact) mass is 449 g/mol. The lowest BCUT2D eigenvalue weighted by atomic mass is 9.98. The minimum atomic E-state index is -0.988. The number of ketones is 1. The van der Waals surface area contributed by atoms with Crippen molar-refractivity contribution >= 4 is 23.1 Å². The van der Waals surface area contributed by atoms with E-state index in [1.807, 2.05) is 0 Å². The van der Waals surface area contributed by atoms with Gasteiger partial charge in [0.1, 0.15) is 40.6 Å². The molecular formula is C25H23NO7. The fourth-order valence-electron chi connectivity index (χ4n) is 3.87. The molecule has 1 atom stereocenters. The number of rotatable bonds is 6. The Hall–Kier alpha value is -4.20. The minimum Gasteiger partial charge on any atom is -0.507 e. The predicted molar refractivity (Wildman–Crippen MR) is 121 cm³/mol. The zero-order valence-corrected chi connectivity index (χ0v) is 18.6. The van der Waals surface area contributed by atoms with E-state index in [1.54, 1.807) is 61.5 Å². The van der Waals surface area contributed by atoms with E-state index < -0.39 is 17.7 Å². The molecule has 8 nitrogen and oxygen atoms in total. The number of anilines is 1. The van der Waals surface area contributed by atoms with Crippen molar-refractivity contribution in [3.8, 4) is 17.2 Å². The topological polar surface area (TPSA) is 98.4 Å². The lowest BCUT2D eigenvalue weighted by Crippen LogP contribution is -2.29. The molecule has 0 aliphatic carbocycles. The quantitative estimate of drug-likeness (QED) is 0.341. The SMILES string of the molecule is COc1cccc(N2C(=O)C(=O)/C(=C(\O)c3ccc(OC)cc3OC)C2c2ccc(C)o2)c1. The number of hydrogen-bond acceptors (Lipinski definition) is 7. The van der Waals surface area contributed by atoms with Gasteiger partial charge in [-0.2, -0.15) is 0 Å². The molecule has 0 bridgehead atoms. The van der Waals surface area contributed by atoms with E-state index in [-0.39, 0.29) is 22.6 Å². The lowest BCUT2D eigenvalue weighted by molar-refractivity contribution is -0.132. The van der Waals surface area contributed by atoms with E-state index in [0.717, 1.165) is 0 Å². The van der Waals surface area contributed by atoms with Gasteiger partial charge < -0.3 is 23.7 Å². The molecule has 1 unspecified atom stereocenters. The molecule has 1 saturated heterocycles. The molecule has 170 valence electrons. The number of hydrogen-bond donors (Lipinski definition) is 1. The highest BCUT2D eigenvalue weighted by molar-refractivity contribution is 6.51. The summed E-state index contributed by atoms with van der Waals surface area (Å²) in [6.45, 7) is 1.76. The van der Waals surface area contributed by atoms with Crippen LogP contribution in [0.3, 0.4) is 0 Å². The highest BCUT2D eigenvalue weighted by atomic mass is 16.5. The summed E-state index contributed by atoms with van der Waals surface area (Å²) in [5.41, 5.74) is 0.562. The molecule has 1 N–H and O–H groups in total. The first kappa shape index (κ1) is 22.0. The highest BCUT2D eigenvalue weighted by Crippen LogP contribution is 2.44. The van der Waals surface area contributed by atoms with Gasteiger partial charge in [-0.1, -0.05) is 6.07 Å². The normalized spacial score (nSPS) is 17.3. The van der Waals surface area contributed by atoms with Gasteiger partial charge in [0.2, 0.25) is 0 Å². The Balaban J connectivity index is 1.95. The van der Waals surface area contributed by atoms with Crippen molar-refractivity contribution in [3.05, 3.63) is 77.3 Å². The van der Waals surface area contributed by atoms with Crippen LogP contribution < -0.4 is 19.1 Å². The molecule has 0 spiro atoms. The van der Waals surface area contributed by atoms with Crippen LogP contribution in [0.25, 0.3) is 5.76 Å². The Labute approximate surface area is 190 Å². The van der Waals surface area contributed by atoms with Crippen LogP contribution in [0.5, 0.6) is 17.2 Å². The average Bonchev–Trinajstić information content (AvgIpc) is 3.38. The van der Waals surface area contributed by atoms with Crippen molar-refractivity contribution in [2.75, 3.05) is 26.2 Å². The van der Waals surface area contributed by atoms with Gasteiger partial charge in [0, 0.05) is 17.8 Å². The lowest BCUT2D eigenvalue weighted by Gasteiger charge is -2.24. The molecule has 4 rings (SSSR count). The Morgan fingerprint density at radius 3 is 2.30 bits per heavy atom. The Kier molecular flexibility index (Phi) is 5.83. The van der Waals surface area contributed by atoms with Crippen molar-refractivity contribution < 1.29 is 33.3 Å². The van der Waals surface area contributed by atoms with Crippen molar-refractivity contribution in [2.45, 2.75) is 13.0 Å². The van der Waals surface area contributed by atoms with Crippen molar-refractivity contribution in [2.24, 2.45) is 0 Å². The number of Topliss-reactive ketones (excluding diaryl/α,β-unsaturated/α-hetero) is 1. The zero-order chi connectivity index (χ0) is 23.7. The van der Waals surface area contributed by atoms with Gasteiger partial charge in [-0.15, -0.1) is 0 Å². The van der Waals surface area contributed by atoms with Crippen LogP contribution in [0.4, 0.5) is 5.69 Å². The number of ether oxygens (including phenoxy) is 3. The summed E-state index contributed by atoms with van der Waals surface area (Å²) in [7, 11) is 4.46. The molecule has 0 saturated carbocycles. The first-order valence-corrected chi connectivity index (χ1v) is 10.1. The Morgan fingerprint density at radius 2 is 1.67 bits per heavy atom. The van der Waals surface area contributed by atoms with Gasteiger partial charge in [0.15, 0.2) is 0 Å². The molecule has 1 amide bonds. The van der Waals surface area contributed by atoms with Gasteiger partial charge in [-0.05, 0) is 43.3 Å². The zero-order valence-electron chi connectivity index (χ0n) is 18.6. The second-order valence-electron chi connectivity index (χ2n) is 7.39. The fraction of sp³-hybridized carbons (Fsp3) is 0.200. The molecule has 33 heavy (non-hydrogen) atoms. The summed E-state index contributed by atoms with van der Waals surface area (Å²) in [5.74, 6) is 0.237. The standard InChI is InChI=1S/C25H23NO7/c1-14-8-11-19(33-14)22-21(23(27)18-10-9-17(31-3)13-20(18)32-4)24(28)25(29)26(22)15-6-5-7-16(12-15)30-2/h5-13,22,27H,1-4H3/b23-21-. The van der Waals surface area contributed by atoms with Crippen LogP contribution in [-0.2, 0) is 9.59 Å². The summed E-state index contributed by atoms with van der Waals surface area (Å²) in [4.78, 5) is 27.7. The van der Waals surface area contributed by atoms with Crippen LogP contribution >= 0.6 is 0 Å². The number of methoxy groups -OCH3 is 3. The maximum atomic E-state index is 13.2. The summed E-state index contributed by atoms with van der Waals surface area (Å²) >= 11 is 0. The summed E-state index contributed by atoms with van der Waals surface area (Å²) in [6, 6.07) is 14.0. The number of benzene rings is 2. The van der Waals surface area contributed by atoms with Crippen molar-refractivity contribution in [3.63, 3.8) is 0 Å². The number of aliphatic hydroxyl groups is 1. The number of amides is 1. The van der Waals surface area contributed by atoms with E-state index >= 15 is 0 Å². The number of aliphatic hydroxyl groups excluding tert-OH is 1. The molecule has 1 aliphatic heterocycles. The number of carbonyl (C=O) groups excluding carboxylic acids is 2. The van der Waals surface area contributed by atoms with E-state index in [1.165, 1.54) is 26.2 Å². The molecular weight excluding hydrogens is 426 g/mol. The van der Waals surface area contributed by atoms with Gasteiger partial charge in [0.25, 0.3) is 11.7 Å². The molecule has 8 heteroatoms. The van der Waals surface area contributed by atoms with Crippen LogP contribution in [-0.4, -0.2) is 38.1 Å². The van der Waals surface area contributed by atoms with E-state index in [0.29, 0.717) is 28.7 Å². The second kappa shape index (κ2) is 8.74. The highest BCUT2D eigenvalue weighted by Gasteiger charge is 2.48. The van der Waals surface area contributed by atoms with Gasteiger partial charge in [-0.3, -0.25) is 14.5 Å². The summed E-state index contributed by atoms with van der Waals surface area (Å²) in [5, 5.41) is 11.3. The van der Waals surface area contributed by atoms with Crippen LogP contribution in [0.2, 0.25) is 0 Å². The minimum absolute atomic E-state index is 0.111. The molecule has 2 aromatic carbocycles. The van der Waals surface area contributed by atoms with E-state index in [9.17, 15) is 14.7 Å². The smallest absolute Gasteiger partial charge is 0.300 e. The maximum absolute atomic E-state index is 13.2. The number of furan rings is 1. The third-order valence-electron chi connectivity index (χ3n) is 5.47. The van der Waals surface area contributed by atoms with Gasteiger partial charge in [0.05, 0.1) is 32.5 Å². The summed E-state index contributed by atoms with van der Waals surface area (Å²) < 4.78 is 21.7. The molecule has 1 fully saturated rings. The first-order chi connectivity index (χ1) is 15.9. The van der Waals surface area contributed by atoms with Crippen LogP contribution in [0, 0.1) is 6.92 Å². The number of nitrogens with zero attached hydrogens (tertiary/aromatic N) is 1. The van der Waals surface area contributed by atoms with Crippen LogP contribution in [0.15, 0.2) is 64.6 Å². The number of aryl methyl sites for hydroxylation is 1. The van der Waals surface area contributed by atoms with E-state index in [4.69, 9.17) is 18.6 Å². The fourth-order valence-corrected chi connectivity index (χ4v) is 3.87. The second-order valence-corrected chi connectivity index (χ2v) is 7.39. The third kappa shape index (κ3) is 3.80. The van der Waals surface area contributed by atoms with Crippen LogP contribution in [0.1, 0.15) is 23.1 Å². The molecule has 1 aliphatic rings. The average molecular weight is 449 g/mol.